The van der Waals surface area contributed by atoms with Gasteiger partial charge in [0.15, 0.2) is 11.0 Å². The van der Waals surface area contributed by atoms with E-state index in [1.54, 1.807) is 6.08 Å². The molecule has 0 bridgehead atoms. The van der Waals surface area contributed by atoms with Crippen molar-refractivity contribution in [1.82, 2.24) is 0 Å². The maximum absolute atomic E-state index is 13.4. The normalized spacial score (nSPS) is 14.8. The molecule has 0 aliphatic carbocycles. The zero-order chi connectivity index (χ0) is 21.8. The van der Waals surface area contributed by atoms with Gasteiger partial charge in [0.05, 0.1) is 11.4 Å². The molecule has 154 valence electrons. The van der Waals surface area contributed by atoms with Crippen LogP contribution in [-0.4, -0.2) is 22.6 Å². The smallest absolute Gasteiger partial charge is 0.283 e. The number of Topliss-reactive ketones (excluding diaryl/α,β-unsaturated/α-hetero) is 1. The maximum atomic E-state index is 13.4. The van der Waals surface area contributed by atoms with Crippen LogP contribution in [-0.2, 0) is 4.79 Å². The summed E-state index contributed by atoms with van der Waals surface area (Å²) >= 11 is 1.09. The van der Waals surface area contributed by atoms with Gasteiger partial charge in [-0.1, -0.05) is 42.1 Å². The number of hydrogen-bond donors (Lipinski definition) is 0. The molecule has 0 radical (unpaired) electrons. The van der Waals surface area contributed by atoms with Gasteiger partial charge in [0.1, 0.15) is 17.3 Å². The van der Waals surface area contributed by atoms with Crippen molar-refractivity contribution in [1.29, 1.82) is 0 Å². The van der Waals surface area contributed by atoms with Crippen LogP contribution in [0.25, 0.3) is 6.08 Å². The van der Waals surface area contributed by atoms with E-state index >= 15 is 0 Å². The van der Waals surface area contributed by atoms with Crippen molar-refractivity contribution in [3.05, 3.63) is 107 Å². The molecule has 0 saturated carbocycles. The summed E-state index contributed by atoms with van der Waals surface area (Å²) in [4.78, 5) is 31.3. The number of anilines is 1. The quantitative estimate of drug-likeness (QED) is 0.403. The third-order valence-electron chi connectivity index (χ3n) is 4.52. The summed E-state index contributed by atoms with van der Waals surface area (Å²) in [7, 11) is 0. The van der Waals surface area contributed by atoms with Gasteiger partial charge in [-0.2, -0.15) is 0 Å². The summed E-state index contributed by atoms with van der Waals surface area (Å²) in [5, 5.41) is 0.314. The molecule has 0 unspecified atom stereocenters. The molecule has 0 N–H and O–H groups in total. The first kappa shape index (κ1) is 20.7. The van der Waals surface area contributed by atoms with Crippen molar-refractivity contribution in [3.63, 3.8) is 0 Å². The molecule has 0 aromatic heterocycles. The molecule has 31 heavy (non-hydrogen) atoms. The van der Waals surface area contributed by atoms with E-state index in [9.17, 15) is 18.4 Å². The van der Waals surface area contributed by atoms with Gasteiger partial charge in [-0.05, 0) is 60.2 Å². The Morgan fingerprint density at radius 1 is 0.903 bits per heavy atom. The summed E-state index contributed by atoms with van der Waals surface area (Å²) in [5.41, 5.74) is 1.84. The van der Waals surface area contributed by atoms with Gasteiger partial charge in [-0.15, -0.1) is 0 Å². The zero-order valence-corrected chi connectivity index (χ0v) is 17.0. The number of aliphatic imine (C=N–C) groups is 1. The molecule has 4 nitrogen and oxygen atoms in total. The Hall–Kier alpha value is -3.58. The number of carbonyl (C=O) groups is 2. The summed E-state index contributed by atoms with van der Waals surface area (Å²) in [5.74, 6) is -1.43. The Morgan fingerprint density at radius 2 is 1.52 bits per heavy atom. The third-order valence-corrected chi connectivity index (χ3v) is 5.45. The van der Waals surface area contributed by atoms with Crippen molar-refractivity contribution >= 4 is 40.4 Å². The molecule has 0 saturated heterocycles. The van der Waals surface area contributed by atoms with E-state index in [4.69, 9.17) is 0 Å². The van der Waals surface area contributed by atoms with Crippen LogP contribution in [0.2, 0.25) is 0 Å². The molecular formula is C24H16F2N2O2S. The number of rotatable bonds is 5. The second kappa shape index (κ2) is 9.06. The molecular weight excluding hydrogens is 418 g/mol. The van der Waals surface area contributed by atoms with E-state index in [0.29, 0.717) is 16.4 Å². The van der Waals surface area contributed by atoms with Crippen LogP contribution in [0.1, 0.15) is 15.9 Å². The first-order chi connectivity index (χ1) is 15.0. The third kappa shape index (κ3) is 4.78. The van der Waals surface area contributed by atoms with Crippen LogP contribution in [0.4, 0.5) is 14.5 Å². The van der Waals surface area contributed by atoms with Crippen LogP contribution in [0.3, 0.4) is 0 Å². The highest BCUT2D eigenvalue weighted by molar-refractivity contribution is 8.14. The van der Waals surface area contributed by atoms with Gasteiger partial charge in [0.25, 0.3) is 5.91 Å². The number of ketones is 1. The highest BCUT2D eigenvalue weighted by Crippen LogP contribution is 2.30. The minimum Gasteiger partial charge on any atom is -0.293 e. The van der Waals surface area contributed by atoms with Crippen molar-refractivity contribution in [3.8, 4) is 0 Å². The SMILES string of the molecule is O=C(CSC1=NC(=Cc2ccccc2)C(=O)N1c1ccc(F)cc1)c1ccc(F)cc1. The molecule has 3 aromatic rings. The van der Waals surface area contributed by atoms with Crippen molar-refractivity contribution in [2.45, 2.75) is 0 Å². The van der Waals surface area contributed by atoms with E-state index in [1.807, 2.05) is 30.3 Å². The number of carbonyl (C=O) groups excluding carboxylic acids is 2. The van der Waals surface area contributed by atoms with E-state index in [-0.39, 0.29) is 23.1 Å². The molecule has 3 aromatic carbocycles. The molecule has 0 atom stereocenters. The fraction of sp³-hybridized carbons (Fsp3) is 0.0417. The van der Waals surface area contributed by atoms with Crippen LogP contribution >= 0.6 is 11.8 Å². The number of benzene rings is 3. The van der Waals surface area contributed by atoms with E-state index in [2.05, 4.69) is 4.99 Å². The largest absolute Gasteiger partial charge is 0.293 e. The Balaban J connectivity index is 1.61. The second-order valence-electron chi connectivity index (χ2n) is 6.67. The minimum atomic E-state index is -0.423. The molecule has 1 aliphatic heterocycles. The number of amides is 1. The summed E-state index contributed by atoms with van der Waals surface area (Å²) in [6, 6.07) is 20.0. The minimum absolute atomic E-state index is 0.00799. The van der Waals surface area contributed by atoms with Crippen LogP contribution in [0, 0.1) is 11.6 Å². The molecule has 0 spiro atoms. The number of nitrogens with zero attached hydrogens (tertiary/aromatic N) is 2. The number of amidine groups is 1. The second-order valence-corrected chi connectivity index (χ2v) is 7.61. The van der Waals surface area contributed by atoms with Crippen molar-refractivity contribution in [2.75, 3.05) is 10.7 Å². The Bertz CT molecular complexity index is 1170. The van der Waals surface area contributed by atoms with Gasteiger partial charge in [-0.3, -0.25) is 14.5 Å². The molecule has 1 aliphatic rings. The van der Waals surface area contributed by atoms with Crippen LogP contribution in [0.5, 0.6) is 0 Å². The van der Waals surface area contributed by atoms with Crippen LogP contribution in [0.15, 0.2) is 89.6 Å². The number of hydrogen-bond acceptors (Lipinski definition) is 4. The van der Waals surface area contributed by atoms with Gasteiger partial charge >= 0.3 is 0 Å². The van der Waals surface area contributed by atoms with Gasteiger partial charge in [-0.25, -0.2) is 13.8 Å². The molecule has 7 heteroatoms. The standard InChI is InChI=1S/C24H16F2N2O2S/c25-18-8-6-17(7-9-18)22(29)15-31-24-27-21(14-16-4-2-1-3-5-16)23(30)28(24)20-12-10-19(26)11-13-20/h1-14H,15H2. The molecule has 1 amide bonds. The predicted octanol–water partition coefficient (Wildman–Crippen LogP) is 5.32. The van der Waals surface area contributed by atoms with Crippen molar-refractivity contribution in [2.24, 2.45) is 4.99 Å². The van der Waals surface area contributed by atoms with Crippen molar-refractivity contribution < 1.29 is 18.4 Å². The highest BCUT2D eigenvalue weighted by Gasteiger charge is 2.32. The van der Waals surface area contributed by atoms with Gasteiger partial charge in [0.2, 0.25) is 0 Å². The van der Waals surface area contributed by atoms with E-state index < -0.39 is 11.6 Å². The lowest BCUT2D eigenvalue weighted by atomic mass is 10.1. The molecule has 4 rings (SSSR count). The van der Waals surface area contributed by atoms with E-state index in [1.165, 1.54) is 53.4 Å². The lowest BCUT2D eigenvalue weighted by Crippen LogP contribution is -2.30. The summed E-state index contributed by atoms with van der Waals surface area (Å²) in [6.07, 6.45) is 1.66. The molecule has 0 fully saturated rings. The Kier molecular flexibility index (Phi) is 6.04. The number of halogens is 2. The first-order valence-electron chi connectivity index (χ1n) is 9.38. The first-order valence-corrected chi connectivity index (χ1v) is 10.4. The topological polar surface area (TPSA) is 49.7 Å². The lowest BCUT2D eigenvalue weighted by molar-refractivity contribution is -0.113. The average Bonchev–Trinajstić information content (AvgIpc) is 3.09. The van der Waals surface area contributed by atoms with Crippen LogP contribution < -0.4 is 4.90 Å². The Labute approximate surface area is 181 Å². The van der Waals surface area contributed by atoms with Gasteiger partial charge < -0.3 is 0 Å². The fourth-order valence-corrected chi connectivity index (χ4v) is 3.87. The maximum Gasteiger partial charge on any atom is 0.283 e. The molecule has 1 heterocycles. The Morgan fingerprint density at radius 3 is 2.16 bits per heavy atom. The van der Waals surface area contributed by atoms with E-state index in [0.717, 1.165) is 17.3 Å². The summed E-state index contributed by atoms with van der Waals surface area (Å²) < 4.78 is 26.5. The number of thioether (sulfide) groups is 1. The lowest BCUT2D eigenvalue weighted by Gasteiger charge is -2.17. The highest BCUT2D eigenvalue weighted by atomic mass is 32.2. The monoisotopic (exact) mass is 434 g/mol. The fourth-order valence-electron chi connectivity index (χ4n) is 2.97. The average molecular weight is 434 g/mol. The zero-order valence-electron chi connectivity index (χ0n) is 16.2. The van der Waals surface area contributed by atoms with Gasteiger partial charge in [0, 0.05) is 5.56 Å². The summed E-state index contributed by atoms with van der Waals surface area (Å²) in [6.45, 7) is 0. The predicted molar refractivity (Wildman–Crippen MR) is 119 cm³/mol.